The molecule has 23 heavy (non-hydrogen) atoms. The molecular formula is C16H19F2NO4. The lowest BCUT2D eigenvalue weighted by Gasteiger charge is -2.42. The molecule has 2 rings (SSSR count). The van der Waals surface area contributed by atoms with E-state index in [1.54, 1.807) is 20.8 Å². The highest BCUT2D eigenvalue weighted by molar-refractivity contribution is 5.75. The Bertz CT molecular complexity index is 598. The first-order valence-corrected chi connectivity index (χ1v) is 7.22. The Kier molecular flexibility index (Phi) is 4.70. The van der Waals surface area contributed by atoms with Gasteiger partial charge >= 0.3 is 6.09 Å². The Labute approximate surface area is 132 Å². The molecule has 0 radical (unpaired) electrons. The second-order valence-electron chi connectivity index (χ2n) is 6.61. The van der Waals surface area contributed by atoms with Crippen LogP contribution in [-0.2, 0) is 4.74 Å². The van der Waals surface area contributed by atoms with Crippen molar-refractivity contribution in [2.75, 3.05) is 13.1 Å². The second-order valence-corrected chi connectivity index (χ2v) is 6.61. The van der Waals surface area contributed by atoms with Crippen LogP contribution < -0.4 is 0 Å². The maximum absolute atomic E-state index is 13.6. The molecule has 1 aliphatic heterocycles. The maximum atomic E-state index is 13.6. The van der Waals surface area contributed by atoms with Gasteiger partial charge < -0.3 is 14.7 Å². The van der Waals surface area contributed by atoms with E-state index in [1.165, 1.54) is 4.90 Å². The van der Waals surface area contributed by atoms with Crippen molar-refractivity contribution in [2.45, 2.75) is 32.5 Å². The fourth-order valence-electron chi connectivity index (χ4n) is 2.35. The zero-order chi connectivity index (χ0) is 17.4. The predicted molar refractivity (Wildman–Crippen MR) is 78.0 cm³/mol. The number of aldehydes is 1. The molecule has 1 N–H and O–H groups in total. The van der Waals surface area contributed by atoms with Gasteiger partial charge in [-0.3, -0.25) is 4.79 Å². The summed E-state index contributed by atoms with van der Waals surface area (Å²) in [5, 5.41) is 10.2. The average Bonchev–Trinajstić information content (AvgIpc) is 2.34. The monoisotopic (exact) mass is 327 g/mol. The number of carbonyl (C=O) groups excluding carboxylic acids is 2. The third-order valence-electron chi connectivity index (χ3n) is 3.57. The molecule has 126 valence electrons. The number of nitrogens with zero attached hydrogens (tertiary/aromatic N) is 1. The first-order chi connectivity index (χ1) is 10.6. The molecular weight excluding hydrogens is 308 g/mol. The van der Waals surface area contributed by atoms with Gasteiger partial charge in [0.15, 0.2) is 6.29 Å². The number of likely N-dealkylation sites (tertiary alicyclic amines) is 1. The van der Waals surface area contributed by atoms with Crippen LogP contribution in [0.1, 0.15) is 42.8 Å². The second kappa shape index (κ2) is 6.23. The van der Waals surface area contributed by atoms with E-state index in [0.29, 0.717) is 0 Å². The molecule has 0 bridgehead atoms. The standard InChI is InChI=1S/C16H19F2NO4/c1-16(2,3)23-15(22)19-6-10(7-19)14(21)9-4-12(17)11(8-20)13(18)5-9/h4-5,8,10,14,21H,6-7H2,1-3H3. The average molecular weight is 327 g/mol. The molecule has 1 atom stereocenters. The number of benzene rings is 1. The number of halogens is 2. The van der Waals surface area contributed by atoms with Crippen molar-refractivity contribution in [2.24, 2.45) is 5.92 Å². The van der Waals surface area contributed by atoms with E-state index in [9.17, 15) is 23.5 Å². The van der Waals surface area contributed by atoms with E-state index in [4.69, 9.17) is 4.74 Å². The zero-order valence-electron chi connectivity index (χ0n) is 13.2. The summed E-state index contributed by atoms with van der Waals surface area (Å²) in [6, 6.07) is 1.88. The molecule has 5 nitrogen and oxygen atoms in total. The first kappa shape index (κ1) is 17.3. The van der Waals surface area contributed by atoms with Crippen LogP contribution in [0.4, 0.5) is 13.6 Å². The zero-order valence-corrected chi connectivity index (χ0v) is 13.2. The van der Waals surface area contributed by atoms with Crippen molar-refractivity contribution in [3.63, 3.8) is 0 Å². The summed E-state index contributed by atoms with van der Waals surface area (Å²) in [5.41, 5.74) is -1.23. The smallest absolute Gasteiger partial charge is 0.410 e. The van der Waals surface area contributed by atoms with E-state index in [2.05, 4.69) is 0 Å². The van der Waals surface area contributed by atoms with Gasteiger partial charge in [0.2, 0.25) is 0 Å². The van der Waals surface area contributed by atoms with Gasteiger partial charge in [-0.2, -0.15) is 0 Å². The Morgan fingerprint density at radius 3 is 2.30 bits per heavy atom. The minimum Gasteiger partial charge on any atom is -0.444 e. The fourth-order valence-corrected chi connectivity index (χ4v) is 2.35. The van der Waals surface area contributed by atoms with Gasteiger partial charge in [0.25, 0.3) is 0 Å². The summed E-state index contributed by atoms with van der Waals surface area (Å²) in [6.07, 6.45) is -1.53. The molecule has 1 saturated heterocycles. The molecule has 0 aliphatic carbocycles. The van der Waals surface area contributed by atoms with E-state index in [-0.39, 0.29) is 30.9 Å². The number of aliphatic hydroxyl groups is 1. The number of hydrogen-bond donors (Lipinski definition) is 1. The van der Waals surface area contributed by atoms with E-state index in [1.807, 2.05) is 0 Å². The number of rotatable bonds is 3. The quantitative estimate of drug-likeness (QED) is 0.867. The lowest BCUT2D eigenvalue weighted by Crippen LogP contribution is -2.53. The van der Waals surface area contributed by atoms with Gasteiger partial charge in [0.1, 0.15) is 17.2 Å². The summed E-state index contributed by atoms with van der Waals surface area (Å²) >= 11 is 0. The van der Waals surface area contributed by atoms with Crippen molar-refractivity contribution in [1.29, 1.82) is 0 Å². The summed E-state index contributed by atoms with van der Waals surface area (Å²) < 4.78 is 32.4. The van der Waals surface area contributed by atoms with Crippen LogP contribution >= 0.6 is 0 Å². The minimum atomic E-state index is -1.13. The van der Waals surface area contributed by atoms with Crippen LogP contribution in [0.3, 0.4) is 0 Å². The molecule has 0 saturated carbocycles. The minimum absolute atomic E-state index is 0.0411. The molecule has 1 aromatic carbocycles. The van der Waals surface area contributed by atoms with Crippen molar-refractivity contribution < 1.29 is 28.2 Å². The maximum Gasteiger partial charge on any atom is 0.410 e. The van der Waals surface area contributed by atoms with Crippen molar-refractivity contribution >= 4 is 12.4 Å². The Balaban J connectivity index is 2.00. The Hall–Kier alpha value is -2.02. The molecule has 7 heteroatoms. The van der Waals surface area contributed by atoms with Crippen molar-refractivity contribution in [1.82, 2.24) is 4.90 Å². The van der Waals surface area contributed by atoms with Crippen LogP contribution in [-0.4, -0.2) is 41.1 Å². The number of hydrogen-bond acceptors (Lipinski definition) is 4. The number of aliphatic hydroxyl groups excluding tert-OH is 1. The third kappa shape index (κ3) is 3.85. The van der Waals surface area contributed by atoms with Gasteiger partial charge in [0, 0.05) is 19.0 Å². The van der Waals surface area contributed by atoms with Gasteiger partial charge in [-0.05, 0) is 38.5 Å². The van der Waals surface area contributed by atoms with Gasteiger partial charge in [0.05, 0.1) is 11.7 Å². The summed E-state index contributed by atoms with van der Waals surface area (Å²) in [6.45, 7) is 5.70. The van der Waals surface area contributed by atoms with E-state index < -0.39 is 35.0 Å². The summed E-state index contributed by atoms with van der Waals surface area (Å²) in [5.74, 6) is -2.38. The molecule has 0 aromatic heterocycles. The van der Waals surface area contributed by atoms with Crippen LogP contribution in [0.5, 0.6) is 0 Å². The topological polar surface area (TPSA) is 66.8 Å². The van der Waals surface area contributed by atoms with Crippen LogP contribution in [0, 0.1) is 17.6 Å². The number of carbonyl (C=O) groups is 2. The van der Waals surface area contributed by atoms with Crippen LogP contribution in [0.25, 0.3) is 0 Å². The van der Waals surface area contributed by atoms with Crippen LogP contribution in [0.15, 0.2) is 12.1 Å². The number of ether oxygens (including phenoxy) is 1. The third-order valence-corrected chi connectivity index (χ3v) is 3.57. The van der Waals surface area contributed by atoms with Crippen molar-refractivity contribution in [3.8, 4) is 0 Å². The normalized spacial score (nSPS) is 16.7. The summed E-state index contributed by atoms with van der Waals surface area (Å²) in [4.78, 5) is 23.8. The van der Waals surface area contributed by atoms with Crippen LogP contribution in [0.2, 0.25) is 0 Å². The fraction of sp³-hybridized carbons (Fsp3) is 0.500. The number of amides is 1. The highest BCUT2D eigenvalue weighted by atomic mass is 19.1. The SMILES string of the molecule is CC(C)(C)OC(=O)N1CC(C(O)c2cc(F)c(C=O)c(F)c2)C1. The molecule has 1 amide bonds. The molecule has 1 heterocycles. The molecule has 1 fully saturated rings. The van der Waals surface area contributed by atoms with Gasteiger partial charge in [-0.15, -0.1) is 0 Å². The predicted octanol–water partition coefficient (Wildman–Crippen LogP) is 2.68. The van der Waals surface area contributed by atoms with E-state index in [0.717, 1.165) is 12.1 Å². The Morgan fingerprint density at radius 1 is 1.35 bits per heavy atom. The molecule has 1 unspecified atom stereocenters. The molecule has 1 aromatic rings. The Morgan fingerprint density at radius 2 is 1.87 bits per heavy atom. The van der Waals surface area contributed by atoms with Gasteiger partial charge in [-0.1, -0.05) is 0 Å². The lowest BCUT2D eigenvalue weighted by molar-refractivity contribution is -0.0316. The van der Waals surface area contributed by atoms with E-state index >= 15 is 0 Å². The summed E-state index contributed by atoms with van der Waals surface area (Å²) in [7, 11) is 0. The van der Waals surface area contributed by atoms with Crippen molar-refractivity contribution in [3.05, 3.63) is 34.9 Å². The lowest BCUT2D eigenvalue weighted by atomic mass is 9.89. The van der Waals surface area contributed by atoms with Gasteiger partial charge in [-0.25, -0.2) is 13.6 Å². The highest BCUT2D eigenvalue weighted by Gasteiger charge is 2.38. The highest BCUT2D eigenvalue weighted by Crippen LogP contribution is 2.32. The largest absolute Gasteiger partial charge is 0.444 e. The molecule has 1 aliphatic rings. The first-order valence-electron chi connectivity index (χ1n) is 7.22. The molecule has 0 spiro atoms.